The number of hydrogen-bond donors (Lipinski definition) is 2. The highest BCUT2D eigenvalue weighted by Crippen LogP contribution is 2.28. The highest BCUT2D eigenvalue weighted by molar-refractivity contribution is 5.85. The molecule has 1 aliphatic rings. The van der Waals surface area contributed by atoms with Crippen LogP contribution in [0.2, 0.25) is 0 Å². The summed E-state index contributed by atoms with van der Waals surface area (Å²) in [5.41, 5.74) is 1.96. The normalized spacial score (nSPS) is 18.5. The van der Waals surface area contributed by atoms with Crippen LogP contribution >= 0.6 is 12.4 Å². The summed E-state index contributed by atoms with van der Waals surface area (Å²) in [6.45, 7) is 2.31. The predicted molar refractivity (Wildman–Crippen MR) is 60.5 cm³/mol. The maximum Gasteiger partial charge on any atom is 0.325 e. The number of nitrogens with one attached hydrogen (secondary N) is 1. The van der Waals surface area contributed by atoms with Gasteiger partial charge in [-0.1, -0.05) is 6.07 Å². The van der Waals surface area contributed by atoms with Crippen molar-refractivity contribution in [1.82, 2.24) is 5.32 Å². The molecular formula is C11H13ClFNO2. The molecule has 0 radical (unpaired) electrons. The maximum atomic E-state index is 13.5. The van der Waals surface area contributed by atoms with Crippen LogP contribution in [0, 0.1) is 12.7 Å². The number of fused-ring (bicyclic) bond motifs is 1. The van der Waals surface area contributed by atoms with Gasteiger partial charge in [-0.3, -0.25) is 4.79 Å². The van der Waals surface area contributed by atoms with Crippen LogP contribution in [0.4, 0.5) is 4.39 Å². The van der Waals surface area contributed by atoms with Crippen molar-refractivity contribution < 1.29 is 14.3 Å². The Balaban J connectivity index is 0.00000128. The Labute approximate surface area is 99.1 Å². The summed E-state index contributed by atoms with van der Waals surface area (Å²) in [7, 11) is 0. The van der Waals surface area contributed by atoms with E-state index in [0.717, 1.165) is 5.56 Å². The first-order chi connectivity index (χ1) is 7.11. The minimum atomic E-state index is -0.954. The van der Waals surface area contributed by atoms with Crippen molar-refractivity contribution in [2.75, 3.05) is 6.54 Å². The van der Waals surface area contributed by atoms with Gasteiger partial charge in [0.25, 0.3) is 0 Å². The number of carboxylic acid groups (broad SMARTS) is 1. The first-order valence-corrected chi connectivity index (χ1v) is 4.85. The Kier molecular flexibility index (Phi) is 3.88. The number of halogens is 2. The van der Waals surface area contributed by atoms with Crippen LogP contribution in [0.15, 0.2) is 12.1 Å². The zero-order valence-electron chi connectivity index (χ0n) is 8.79. The third kappa shape index (κ3) is 2.03. The quantitative estimate of drug-likeness (QED) is 0.794. The molecule has 0 saturated carbocycles. The Hall–Kier alpha value is -1.13. The molecule has 1 heterocycles. The highest BCUT2D eigenvalue weighted by atomic mass is 35.5. The van der Waals surface area contributed by atoms with Crippen LogP contribution in [-0.4, -0.2) is 17.6 Å². The van der Waals surface area contributed by atoms with Gasteiger partial charge in [-0.25, -0.2) is 4.39 Å². The van der Waals surface area contributed by atoms with Gasteiger partial charge in [0.05, 0.1) is 0 Å². The van der Waals surface area contributed by atoms with Gasteiger partial charge in [0.15, 0.2) is 0 Å². The van der Waals surface area contributed by atoms with Gasteiger partial charge in [0.2, 0.25) is 0 Å². The minimum absolute atomic E-state index is 0. The summed E-state index contributed by atoms with van der Waals surface area (Å²) in [5.74, 6) is -1.26. The Bertz CT molecular complexity index is 423. The molecule has 1 atom stereocenters. The van der Waals surface area contributed by atoms with Crippen LogP contribution in [0.25, 0.3) is 0 Å². The van der Waals surface area contributed by atoms with E-state index in [1.54, 1.807) is 13.0 Å². The lowest BCUT2D eigenvalue weighted by molar-refractivity contribution is -0.139. The van der Waals surface area contributed by atoms with Crippen molar-refractivity contribution in [2.24, 2.45) is 0 Å². The summed E-state index contributed by atoms with van der Waals surface area (Å²) < 4.78 is 13.5. The van der Waals surface area contributed by atoms with E-state index in [2.05, 4.69) is 5.32 Å². The van der Waals surface area contributed by atoms with Gasteiger partial charge in [-0.05, 0) is 36.1 Å². The molecule has 2 N–H and O–H groups in total. The number of aliphatic carboxylic acids is 1. The van der Waals surface area contributed by atoms with E-state index in [-0.39, 0.29) is 18.2 Å². The minimum Gasteiger partial charge on any atom is -0.480 e. The monoisotopic (exact) mass is 245 g/mol. The fourth-order valence-corrected chi connectivity index (χ4v) is 2.07. The standard InChI is InChI=1S/C11H12FNO2.ClH/c1-6-2-3-8(12)7-4-5-13-10(9(6)7)11(14)15;/h2-3,10,13H,4-5H2,1H3,(H,14,15);1H. The number of rotatable bonds is 1. The molecule has 1 aromatic rings. The van der Waals surface area contributed by atoms with Crippen molar-refractivity contribution in [2.45, 2.75) is 19.4 Å². The second-order valence-electron chi connectivity index (χ2n) is 3.73. The van der Waals surface area contributed by atoms with Crippen LogP contribution < -0.4 is 5.32 Å². The molecule has 0 spiro atoms. The van der Waals surface area contributed by atoms with Crippen molar-refractivity contribution in [3.8, 4) is 0 Å². The first-order valence-electron chi connectivity index (χ1n) is 4.85. The summed E-state index contributed by atoms with van der Waals surface area (Å²) in [4.78, 5) is 11.0. The summed E-state index contributed by atoms with van der Waals surface area (Å²) >= 11 is 0. The number of carbonyl (C=O) groups is 1. The first kappa shape index (κ1) is 12.9. The molecule has 1 unspecified atom stereocenters. The van der Waals surface area contributed by atoms with Crippen molar-refractivity contribution in [3.63, 3.8) is 0 Å². The van der Waals surface area contributed by atoms with Crippen LogP contribution in [-0.2, 0) is 11.2 Å². The lowest BCUT2D eigenvalue weighted by Gasteiger charge is -2.25. The number of carboxylic acids is 1. The zero-order valence-corrected chi connectivity index (χ0v) is 9.60. The third-order valence-electron chi connectivity index (χ3n) is 2.78. The van der Waals surface area contributed by atoms with E-state index in [1.165, 1.54) is 6.07 Å². The summed E-state index contributed by atoms with van der Waals surface area (Å²) in [6, 6.07) is 2.25. The summed E-state index contributed by atoms with van der Waals surface area (Å²) in [6.07, 6.45) is 0.548. The van der Waals surface area contributed by atoms with Crippen molar-refractivity contribution in [1.29, 1.82) is 0 Å². The lowest BCUT2D eigenvalue weighted by atomic mass is 9.90. The molecule has 0 saturated heterocycles. The van der Waals surface area contributed by atoms with Gasteiger partial charge in [0.1, 0.15) is 11.9 Å². The van der Waals surface area contributed by atoms with Gasteiger partial charge in [-0.2, -0.15) is 0 Å². The van der Waals surface area contributed by atoms with Gasteiger partial charge < -0.3 is 10.4 Å². The van der Waals surface area contributed by atoms with Crippen molar-refractivity contribution >= 4 is 18.4 Å². The highest BCUT2D eigenvalue weighted by Gasteiger charge is 2.28. The molecule has 3 nitrogen and oxygen atoms in total. The lowest BCUT2D eigenvalue weighted by Crippen LogP contribution is -2.36. The SMILES string of the molecule is Cc1ccc(F)c2c1C(C(=O)O)NCC2.Cl. The Morgan fingerprint density at radius 1 is 1.56 bits per heavy atom. The molecule has 1 aliphatic heterocycles. The van der Waals surface area contributed by atoms with E-state index < -0.39 is 12.0 Å². The fourth-order valence-electron chi connectivity index (χ4n) is 2.07. The Morgan fingerprint density at radius 3 is 2.88 bits per heavy atom. The van der Waals surface area contributed by atoms with Gasteiger partial charge in [0, 0.05) is 6.54 Å². The molecule has 2 rings (SSSR count). The average molecular weight is 246 g/mol. The maximum absolute atomic E-state index is 13.5. The predicted octanol–water partition coefficient (Wildman–Crippen LogP) is 1.83. The number of hydrogen-bond acceptors (Lipinski definition) is 2. The molecule has 1 aromatic carbocycles. The van der Waals surface area contributed by atoms with Gasteiger partial charge >= 0.3 is 5.97 Å². The molecule has 88 valence electrons. The molecule has 16 heavy (non-hydrogen) atoms. The molecule has 0 fully saturated rings. The van der Waals surface area contributed by atoms with Crippen LogP contribution in [0.1, 0.15) is 22.7 Å². The number of aryl methyl sites for hydroxylation is 1. The van der Waals surface area contributed by atoms with E-state index in [1.807, 2.05) is 0 Å². The van der Waals surface area contributed by atoms with Gasteiger partial charge in [-0.15, -0.1) is 12.4 Å². The smallest absolute Gasteiger partial charge is 0.325 e. The van der Waals surface area contributed by atoms with Crippen LogP contribution in [0.3, 0.4) is 0 Å². The molecule has 0 aromatic heterocycles. The fraction of sp³-hybridized carbons (Fsp3) is 0.364. The summed E-state index contributed by atoms with van der Waals surface area (Å²) in [5, 5.41) is 11.9. The second kappa shape index (κ2) is 4.80. The van der Waals surface area contributed by atoms with E-state index >= 15 is 0 Å². The molecule has 0 bridgehead atoms. The molecule has 5 heteroatoms. The molecular weight excluding hydrogens is 233 g/mol. The van der Waals surface area contributed by atoms with Crippen molar-refractivity contribution in [3.05, 3.63) is 34.6 Å². The topological polar surface area (TPSA) is 49.3 Å². The average Bonchev–Trinajstić information content (AvgIpc) is 2.23. The zero-order chi connectivity index (χ0) is 11.0. The van der Waals surface area contributed by atoms with E-state index in [0.29, 0.717) is 24.1 Å². The Morgan fingerprint density at radius 2 is 2.25 bits per heavy atom. The third-order valence-corrected chi connectivity index (χ3v) is 2.78. The molecule has 0 aliphatic carbocycles. The van der Waals surface area contributed by atoms with Crippen LogP contribution in [0.5, 0.6) is 0 Å². The number of benzene rings is 1. The van der Waals surface area contributed by atoms with E-state index in [9.17, 15) is 9.18 Å². The largest absolute Gasteiger partial charge is 0.480 e. The second-order valence-corrected chi connectivity index (χ2v) is 3.73. The van der Waals surface area contributed by atoms with E-state index in [4.69, 9.17) is 5.11 Å². The molecule has 0 amide bonds.